The van der Waals surface area contributed by atoms with Crippen LogP contribution in [0.3, 0.4) is 0 Å². The molecule has 0 aliphatic carbocycles. The van der Waals surface area contributed by atoms with Crippen molar-refractivity contribution in [1.29, 1.82) is 0 Å². The third-order valence-electron chi connectivity index (χ3n) is 3.19. The number of H-pyrrole nitrogens is 1. The van der Waals surface area contributed by atoms with E-state index in [-0.39, 0.29) is 59.1 Å². The molecule has 2 rings (SSSR count). The predicted molar refractivity (Wildman–Crippen MR) is 65.7 cm³/mol. The van der Waals surface area contributed by atoms with Crippen molar-refractivity contribution in [2.24, 2.45) is 0 Å². The number of hydrogen-bond donors (Lipinski definition) is 4. The van der Waals surface area contributed by atoms with Gasteiger partial charge in [0.1, 0.15) is 18.3 Å². The molecule has 0 radical (unpaired) electrons. The van der Waals surface area contributed by atoms with Crippen LogP contribution in [0.15, 0.2) is 21.9 Å². The van der Waals surface area contributed by atoms with Crippen LogP contribution in [0, 0.1) is 0 Å². The van der Waals surface area contributed by atoms with Crippen molar-refractivity contribution >= 4 is 7.60 Å². The van der Waals surface area contributed by atoms with Crippen LogP contribution in [0.2, 0.25) is 0 Å². The molecule has 11 nitrogen and oxygen atoms in total. The van der Waals surface area contributed by atoms with Crippen molar-refractivity contribution in [2.45, 2.75) is 30.6 Å². The van der Waals surface area contributed by atoms with E-state index in [2.05, 4.69) is 0 Å². The van der Waals surface area contributed by atoms with E-state index in [0.717, 1.165) is 16.8 Å². The Morgan fingerprint density at radius 1 is 1.29 bits per heavy atom. The van der Waals surface area contributed by atoms with Crippen LogP contribution in [0.4, 0.5) is 0 Å². The molecule has 0 aromatic carbocycles. The molecule has 1 fully saturated rings. The van der Waals surface area contributed by atoms with Gasteiger partial charge >= 0.3 is 64.8 Å². The summed E-state index contributed by atoms with van der Waals surface area (Å²) in [5.41, 5.74) is -1.62. The van der Waals surface area contributed by atoms with E-state index < -0.39 is 55.7 Å². The van der Waals surface area contributed by atoms with Crippen LogP contribution in [0.25, 0.3) is 0 Å². The van der Waals surface area contributed by atoms with Gasteiger partial charge in [-0.1, -0.05) is 7.60 Å². The number of nitrogens with zero attached hydrogens (tertiary/aromatic N) is 1. The molecule has 5 atom stereocenters. The normalized spacial score (nSPS) is 27.9. The smallest absolute Gasteiger partial charge is 0.811 e. The standard InChI is InChI=1S/C10H15N2O9P.2Na/c13-4(3-22(18,19)20)8-6(15)7(16)9(21-8)12-2-1-5(14)11-10(12)17;;/h1-2,4,6-9,13,15-16H,3H2,(H,11,14,17)(H2,18,19,20);;/q;2*+1/p-2/t4-,6-,7+,8-,9-;;/m1../s1. The van der Waals surface area contributed by atoms with Crippen molar-refractivity contribution < 1.29 is 93.5 Å². The van der Waals surface area contributed by atoms with Crippen molar-refractivity contribution in [3.8, 4) is 0 Å². The summed E-state index contributed by atoms with van der Waals surface area (Å²) in [7, 11) is -5.07. The Morgan fingerprint density at radius 3 is 2.38 bits per heavy atom. The maximum atomic E-state index is 11.6. The number of ether oxygens (including phenoxy) is 1. The summed E-state index contributed by atoms with van der Waals surface area (Å²) in [6.07, 6.45) is -8.54. The van der Waals surface area contributed by atoms with Crippen LogP contribution in [0.1, 0.15) is 6.23 Å². The topological polar surface area (TPSA) is 188 Å². The molecule has 0 spiro atoms. The van der Waals surface area contributed by atoms with Crippen molar-refractivity contribution in [1.82, 2.24) is 9.55 Å². The van der Waals surface area contributed by atoms with Crippen LogP contribution >= 0.6 is 7.60 Å². The first-order valence-corrected chi connectivity index (χ1v) is 7.85. The van der Waals surface area contributed by atoms with Gasteiger partial charge < -0.3 is 34.4 Å². The fraction of sp³-hybridized carbons (Fsp3) is 0.600. The Hall–Kier alpha value is 0.670. The minimum absolute atomic E-state index is 0. The van der Waals surface area contributed by atoms with Gasteiger partial charge in [0.15, 0.2) is 6.23 Å². The van der Waals surface area contributed by atoms with E-state index in [4.69, 9.17) is 4.74 Å². The Bertz CT molecular complexity index is 704. The van der Waals surface area contributed by atoms with Crippen molar-refractivity contribution in [2.75, 3.05) is 6.16 Å². The first-order chi connectivity index (χ1) is 10.1. The van der Waals surface area contributed by atoms with Crippen LogP contribution in [-0.4, -0.2) is 55.4 Å². The van der Waals surface area contributed by atoms with Crippen LogP contribution < -0.4 is 80.2 Å². The molecule has 4 N–H and O–H groups in total. The number of aromatic amines is 1. The van der Waals surface area contributed by atoms with E-state index in [1.807, 2.05) is 4.98 Å². The van der Waals surface area contributed by atoms with Crippen molar-refractivity contribution in [3.05, 3.63) is 33.1 Å². The van der Waals surface area contributed by atoms with E-state index in [1.54, 1.807) is 0 Å². The largest absolute Gasteiger partial charge is 1.00 e. The summed E-state index contributed by atoms with van der Waals surface area (Å²) in [5, 5.41) is 29.3. The Balaban J connectivity index is 0.00000264. The summed E-state index contributed by atoms with van der Waals surface area (Å²) in [4.78, 5) is 45.8. The Labute approximate surface area is 179 Å². The molecule has 1 aromatic rings. The molecule has 1 aliphatic rings. The van der Waals surface area contributed by atoms with Crippen LogP contribution in [-0.2, 0) is 9.30 Å². The third kappa shape index (κ3) is 5.85. The molecule has 1 saturated heterocycles. The maximum absolute atomic E-state index is 11.6. The van der Waals surface area contributed by atoms with Crippen LogP contribution in [0.5, 0.6) is 0 Å². The molecule has 2 heterocycles. The molecule has 0 bridgehead atoms. The fourth-order valence-electron chi connectivity index (χ4n) is 2.19. The molecular formula is C10H13N2Na2O9P. The Kier molecular flexibility index (Phi) is 9.83. The minimum atomic E-state index is -5.07. The molecule has 0 saturated carbocycles. The average Bonchev–Trinajstić information content (AvgIpc) is 2.65. The summed E-state index contributed by atoms with van der Waals surface area (Å²) >= 11 is 0. The number of aliphatic hydroxyl groups excluding tert-OH is 3. The monoisotopic (exact) mass is 382 g/mol. The molecule has 1 aromatic heterocycles. The fourth-order valence-corrected chi connectivity index (χ4v) is 2.86. The Morgan fingerprint density at radius 2 is 1.88 bits per heavy atom. The molecule has 0 amide bonds. The number of aliphatic hydroxyl groups is 3. The van der Waals surface area contributed by atoms with Gasteiger partial charge in [0.05, 0.1) is 6.10 Å². The summed E-state index contributed by atoms with van der Waals surface area (Å²) in [5.74, 6) is 0. The van der Waals surface area contributed by atoms with E-state index in [0.29, 0.717) is 0 Å². The first-order valence-electron chi connectivity index (χ1n) is 6.12. The summed E-state index contributed by atoms with van der Waals surface area (Å²) in [6.45, 7) is 0. The minimum Gasteiger partial charge on any atom is -0.811 e. The second kappa shape index (κ2) is 9.56. The maximum Gasteiger partial charge on any atom is 1.00 e. The third-order valence-corrected chi connectivity index (χ3v) is 4.01. The molecule has 1 aliphatic heterocycles. The van der Waals surface area contributed by atoms with E-state index in [1.165, 1.54) is 0 Å². The number of hydrogen-bond acceptors (Lipinski definition) is 9. The molecule has 124 valence electrons. The summed E-state index contributed by atoms with van der Waals surface area (Å²) in [6, 6.07) is 0.969. The quantitative estimate of drug-likeness (QED) is 0.289. The zero-order valence-corrected chi connectivity index (χ0v) is 17.8. The zero-order valence-electron chi connectivity index (χ0n) is 12.9. The van der Waals surface area contributed by atoms with Gasteiger partial charge in [0, 0.05) is 18.4 Å². The summed E-state index contributed by atoms with van der Waals surface area (Å²) < 4.78 is 16.5. The molecule has 14 heteroatoms. The van der Waals surface area contributed by atoms with Gasteiger partial charge in [-0.2, -0.15) is 0 Å². The van der Waals surface area contributed by atoms with Gasteiger partial charge in [0.25, 0.3) is 5.56 Å². The van der Waals surface area contributed by atoms with Gasteiger partial charge in [-0.15, -0.1) is 0 Å². The van der Waals surface area contributed by atoms with Gasteiger partial charge in [-0.25, -0.2) is 4.79 Å². The average molecular weight is 382 g/mol. The van der Waals surface area contributed by atoms with E-state index in [9.17, 15) is 39.3 Å². The molecule has 24 heavy (non-hydrogen) atoms. The number of nitrogens with one attached hydrogen (secondary N) is 1. The first kappa shape index (κ1) is 24.7. The number of aromatic nitrogens is 2. The van der Waals surface area contributed by atoms with Gasteiger partial charge in [-0.3, -0.25) is 14.3 Å². The molecule has 0 unspecified atom stereocenters. The van der Waals surface area contributed by atoms with Crippen molar-refractivity contribution in [3.63, 3.8) is 0 Å². The number of rotatable bonds is 4. The second-order valence-corrected chi connectivity index (χ2v) is 6.44. The SMILES string of the molecule is O=c1ccn([C@@H]2O[C@H]([C@H](O)CP(=O)([O-])[O-])[C@H](O)[C@@H]2O)c(=O)[nH]1.[Na+].[Na+]. The predicted octanol–water partition coefficient (Wildman–Crippen LogP) is -10.6. The van der Waals surface area contributed by atoms with Gasteiger partial charge in [-0.05, 0) is 0 Å². The van der Waals surface area contributed by atoms with E-state index >= 15 is 0 Å². The molecular weight excluding hydrogens is 369 g/mol. The zero-order chi connectivity index (χ0) is 16.7. The van der Waals surface area contributed by atoms with Gasteiger partial charge in [0.2, 0.25) is 0 Å². The second-order valence-electron chi connectivity index (χ2n) is 4.85.